The van der Waals surface area contributed by atoms with Crippen molar-refractivity contribution in [3.63, 3.8) is 0 Å². The Hall–Kier alpha value is -1.57. The highest BCUT2D eigenvalue weighted by molar-refractivity contribution is 5.74. The van der Waals surface area contributed by atoms with Crippen molar-refractivity contribution < 1.29 is 9.90 Å². The lowest BCUT2D eigenvalue weighted by molar-refractivity contribution is -0.141. The van der Waals surface area contributed by atoms with E-state index in [2.05, 4.69) is 24.3 Å². The van der Waals surface area contributed by atoms with E-state index in [0.717, 1.165) is 24.7 Å². The molecule has 0 spiro atoms. The number of fused-ring (bicyclic) bond motifs is 6. The highest BCUT2D eigenvalue weighted by Crippen LogP contribution is 2.54. The summed E-state index contributed by atoms with van der Waals surface area (Å²) in [5.74, 6) is 1.76. The van der Waals surface area contributed by atoms with E-state index in [0.29, 0.717) is 11.8 Å². The Morgan fingerprint density at radius 3 is 2.72 bits per heavy atom. The molecule has 0 aliphatic heterocycles. The van der Waals surface area contributed by atoms with Gasteiger partial charge in [-0.15, -0.1) is 0 Å². The van der Waals surface area contributed by atoms with E-state index in [9.17, 15) is 9.90 Å². The summed E-state index contributed by atoms with van der Waals surface area (Å²) in [6, 6.07) is 0. The number of hydrogen-bond donors (Lipinski definition) is 1. The van der Waals surface area contributed by atoms with Gasteiger partial charge in [-0.05, 0) is 91.8 Å². The minimum Gasteiger partial charge on any atom is -0.481 e. The van der Waals surface area contributed by atoms with Crippen molar-refractivity contribution in [1.29, 1.82) is 0 Å². The molecule has 5 rings (SSSR count). The van der Waals surface area contributed by atoms with Crippen molar-refractivity contribution >= 4 is 5.97 Å². The van der Waals surface area contributed by atoms with Gasteiger partial charge in [-0.3, -0.25) is 4.79 Å². The van der Waals surface area contributed by atoms with Gasteiger partial charge < -0.3 is 5.11 Å². The van der Waals surface area contributed by atoms with Crippen LogP contribution in [0.15, 0.2) is 46.6 Å². The third-order valence-electron chi connectivity index (χ3n) is 7.58. The van der Waals surface area contributed by atoms with Crippen LogP contribution in [0.1, 0.15) is 57.8 Å². The van der Waals surface area contributed by atoms with Gasteiger partial charge >= 0.3 is 5.97 Å². The lowest BCUT2D eigenvalue weighted by atomic mass is 9.58. The first-order valence-corrected chi connectivity index (χ1v) is 10.3. The predicted octanol–water partition coefficient (Wildman–Crippen LogP) is 5.44. The van der Waals surface area contributed by atoms with Gasteiger partial charge in [0, 0.05) is 0 Å². The van der Waals surface area contributed by atoms with Crippen LogP contribution >= 0.6 is 0 Å². The van der Waals surface area contributed by atoms with Crippen LogP contribution in [-0.4, -0.2) is 11.1 Å². The van der Waals surface area contributed by atoms with Crippen LogP contribution in [0.4, 0.5) is 0 Å². The topological polar surface area (TPSA) is 37.3 Å². The van der Waals surface area contributed by atoms with E-state index in [1.165, 1.54) is 50.5 Å². The number of carboxylic acids is 1. The zero-order chi connectivity index (χ0) is 17.0. The molecule has 0 amide bonds. The average molecular weight is 336 g/mol. The predicted molar refractivity (Wildman–Crippen MR) is 99.0 cm³/mol. The second-order valence-corrected chi connectivity index (χ2v) is 8.76. The number of hydrogen-bond acceptors (Lipinski definition) is 1. The lowest BCUT2D eigenvalue weighted by Gasteiger charge is -2.46. The van der Waals surface area contributed by atoms with Gasteiger partial charge in [0.2, 0.25) is 0 Å². The maximum atomic E-state index is 11.7. The highest BCUT2D eigenvalue weighted by atomic mass is 16.4. The molecule has 5 aliphatic rings. The Bertz CT molecular complexity index is 720. The molecule has 25 heavy (non-hydrogen) atoms. The SMILES string of the molecule is O=C(O)C1CCCC2C1=CC=C1C3=CC4=CCCCC4CC3CCC12. The van der Waals surface area contributed by atoms with Crippen LogP contribution in [-0.2, 0) is 4.79 Å². The molecule has 2 saturated carbocycles. The van der Waals surface area contributed by atoms with Gasteiger partial charge in [-0.1, -0.05) is 36.3 Å². The molecule has 2 heteroatoms. The maximum Gasteiger partial charge on any atom is 0.310 e. The fraction of sp³-hybridized carbons (Fsp3) is 0.609. The number of allylic oxidation sites excluding steroid dienone is 7. The minimum absolute atomic E-state index is 0.236. The maximum absolute atomic E-state index is 11.7. The Kier molecular flexibility index (Phi) is 3.76. The summed E-state index contributed by atoms with van der Waals surface area (Å²) in [7, 11) is 0. The van der Waals surface area contributed by atoms with Gasteiger partial charge in [0.1, 0.15) is 0 Å². The van der Waals surface area contributed by atoms with E-state index >= 15 is 0 Å². The molecule has 5 aliphatic carbocycles. The largest absolute Gasteiger partial charge is 0.481 e. The molecule has 5 atom stereocenters. The van der Waals surface area contributed by atoms with Gasteiger partial charge in [-0.2, -0.15) is 0 Å². The second-order valence-electron chi connectivity index (χ2n) is 8.76. The second kappa shape index (κ2) is 6.00. The molecule has 0 radical (unpaired) electrons. The molecule has 2 fully saturated rings. The quantitative estimate of drug-likeness (QED) is 0.692. The summed E-state index contributed by atoms with van der Waals surface area (Å²) in [6.45, 7) is 0. The van der Waals surface area contributed by atoms with E-state index in [1.54, 1.807) is 16.7 Å². The van der Waals surface area contributed by atoms with Crippen molar-refractivity contribution in [1.82, 2.24) is 0 Å². The minimum atomic E-state index is -0.617. The summed E-state index contributed by atoms with van der Waals surface area (Å²) >= 11 is 0. The molecule has 0 aromatic heterocycles. The van der Waals surface area contributed by atoms with Gasteiger partial charge in [0.05, 0.1) is 5.92 Å². The van der Waals surface area contributed by atoms with Crippen molar-refractivity contribution in [2.24, 2.45) is 29.6 Å². The fourth-order valence-corrected chi connectivity index (χ4v) is 6.40. The van der Waals surface area contributed by atoms with E-state index < -0.39 is 5.97 Å². The van der Waals surface area contributed by atoms with Crippen LogP contribution in [0.2, 0.25) is 0 Å². The summed E-state index contributed by atoms with van der Waals surface area (Å²) in [4.78, 5) is 11.7. The molecule has 132 valence electrons. The monoisotopic (exact) mass is 336 g/mol. The smallest absolute Gasteiger partial charge is 0.310 e. The molecular formula is C23H28O2. The van der Waals surface area contributed by atoms with Crippen molar-refractivity contribution in [2.45, 2.75) is 57.8 Å². The fourth-order valence-electron chi connectivity index (χ4n) is 6.40. The van der Waals surface area contributed by atoms with E-state index in [-0.39, 0.29) is 5.92 Å². The number of rotatable bonds is 1. The zero-order valence-corrected chi connectivity index (χ0v) is 14.9. The molecule has 0 bridgehead atoms. The first-order valence-electron chi connectivity index (χ1n) is 10.3. The summed E-state index contributed by atoms with van der Waals surface area (Å²) < 4.78 is 0. The Balaban J connectivity index is 1.54. The Morgan fingerprint density at radius 2 is 1.84 bits per heavy atom. The first kappa shape index (κ1) is 15.7. The third-order valence-corrected chi connectivity index (χ3v) is 7.58. The van der Waals surface area contributed by atoms with Crippen molar-refractivity contribution in [3.8, 4) is 0 Å². The van der Waals surface area contributed by atoms with Crippen LogP contribution in [0.3, 0.4) is 0 Å². The van der Waals surface area contributed by atoms with Crippen molar-refractivity contribution in [3.05, 3.63) is 46.6 Å². The zero-order valence-electron chi connectivity index (χ0n) is 14.9. The molecule has 0 saturated heterocycles. The molecular weight excluding hydrogens is 308 g/mol. The normalized spacial score (nSPS) is 39.4. The van der Waals surface area contributed by atoms with Crippen LogP contribution in [0.5, 0.6) is 0 Å². The van der Waals surface area contributed by atoms with Gasteiger partial charge in [0.15, 0.2) is 0 Å². The first-order chi connectivity index (χ1) is 12.2. The summed E-state index contributed by atoms with van der Waals surface area (Å²) in [5.41, 5.74) is 5.98. The molecule has 0 heterocycles. The Morgan fingerprint density at radius 1 is 0.920 bits per heavy atom. The molecule has 1 N–H and O–H groups in total. The van der Waals surface area contributed by atoms with Crippen molar-refractivity contribution in [2.75, 3.05) is 0 Å². The molecule has 2 nitrogen and oxygen atoms in total. The lowest BCUT2D eigenvalue weighted by Crippen LogP contribution is -2.36. The van der Waals surface area contributed by atoms with Crippen LogP contribution in [0, 0.1) is 29.6 Å². The molecule has 5 unspecified atom stereocenters. The van der Waals surface area contributed by atoms with Crippen LogP contribution < -0.4 is 0 Å². The number of carboxylic acid groups (broad SMARTS) is 1. The molecule has 0 aromatic carbocycles. The standard InChI is InChI=1S/C23H28O2/c24-23(25)21-7-3-6-17-18-9-8-16-12-14-4-1-2-5-15(14)13-22(16)20(18)11-10-19(17)21/h5,10-11,13-14,16-18,21H,1-4,6-9,12H2,(H,24,25). The summed E-state index contributed by atoms with van der Waals surface area (Å²) in [5, 5.41) is 9.61. The number of aliphatic carboxylic acids is 1. The van der Waals surface area contributed by atoms with Gasteiger partial charge in [-0.25, -0.2) is 0 Å². The summed E-state index contributed by atoms with van der Waals surface area (Å²) in [6.07, 6.45) is 20.5. The van der Waals surface area contributed by atoms with E-state index in [4.69, 9.17) is 0 Å². The third kappa shape index (κ3) is 2.48. The average Bonchev–Trinajstić information content (AvgIpc) is 2.65. The van der Waals surface area contributed by atoms with Gasteiger partial charge in [0.25, 0.3) is 0 Å². The molecule has 0 aromatic rings. The van der Waals surface area contributed by atoms with Crippen LogP contribution in [0.25, 0.3) is 0 Å². The number of carbonyl (C=O) groups is 1. The van der Waals surface area contributed by atoms with E-state index in [1.807, 2.05) is 0 Å². The Labute approximate surface area is 150 Å². The highest BCUT2D eigenvalue weighted by Gasteiger charge is 2.43.